The maximum absolute atomic E-state index is 10.7. The molecule has 0 saturated carbocycles. The molecule has 0 radical (unpaired) electrons. The fraction of sp³-hybridized carbons (Fsp3) is 0. The Morgan fingerprint density at radius 1 is 1.23 bits per heavy atom. The van der Waals surface area contributed by atoms with Gasteiger partial charge >= 0.3 is 0 Å². The first-order valence-corrected chi connectivity index (χ1v) is 6.01. The van der Waals surface area contributed by atoms with Crippen LogP contribution in [0.3, 0.4) is 0 Å². The van der Waals surface area contributed by atoms with E-state index in [-0.39, 0.29) is 15.1 Å². The van der Waals surface area contributed by atoms with E-state index in [4.69, 9.17) is 4.55 Å². The predicted molar refractivity (Wildman–Crippen MR) is 53.3 cm³/mol. The van der Waals surface area contributed by atoms with Crippen LogP contribution in [0.1, 0.15) is 0 Å². The summed E-state index contributed by atoms with van der Waals surface area (Å²) in [6, 6.07) is 2.49. The van der Waals surface area contributed by atoms with Gasteiger partial charge in [-0.1, -0.05) is 0 Å². The molecule has 13 heavy (non-hydrogen) atoms. The number of halogens is 2. The number of benzene rings is 1. The van der Waals surface area contributed by atoms with Crippen LogP contribution in [0, 0.1) is 0 Å². The van der Waals surface area contributed by atoms with Gasteiger partial charge in [0, 0.05) is 0 Å². The molecule has 1 aromatic carbocycles. The van der Waals surface area contributed by atoms with Crippen molar-refractivity contribution in [2.75, 3.05) is 0 Å². The molecular formula is C6H4Br2O4S. The van der Waals surface area contributed by atoms with E-state index in [0.717, 1.165) is 0 Å². The van der Waals surface area contributed by atoms with Crippen molar-refractivity contribution < 1.29 is 18.1 Å². The van der Waals surface area contributed by atoms with Gasteiger partial charge in [-0.15, -0.1) is 0 Å². The smallest absolute Gasteiger partial charge is 0.295 e. The molecule has 4 nitrogen and oxygen atoms in total. The Morgan fingerprint density at radius 3 is 2.23 bits per heavy atom. The third-order valence-electron chi connectivity index (χ3n) is 1.31. The van der Waals surface area contributed by atoms with E-state index >= 15 is 0 Å². The Hall–Kier alpha value is -0.110. The molecule has 0 saturated heterocycles. The van der Waals surface area contributed by atoms with Gasteiger partial charge in [0.15, 0.2) is 0 Å². The Kier molecular flexibility index (Phi) is 3.01. The van der Waals surface area contributed by atoms with Gasteiger partial charge in [-0.25, -0.2) is 0 Å². The largest absolute Gasteiger partial charge is 0.506 e. The number of phenols is 1. The topological polar surface area (TPSA) is 74.6 Å². The van der Waals surface area contributed by atoms with Crippen LogP contribution in [0.25, 0.3) is 0 Å². The molecule has 0 amide bonds. The van der Waals surface area contributed by atoms with E-state index in [0.29, 0.717) is 4.47 Å². The summed E-state index contributed by atoms with van der Waals surface area (Å²) in [7, 11) is -4.30. The van der Waals surface area contributed by atoms with Crippen molar-refractivity contribution in [3.63, 3.8) is 0 Å². The molecule has 0 aliphatic carbocycles. The predicted octanol–water partition coefficient (Wildman–Crippen LogP) is 2.16. The summed E-state index contributed by atoms with van der Waals surface area (Å²) in [5, 5.41) is 9.28. The zero-order valence-electron chi connectivity index (χ0n) is 6.03. The molecule has 1 aromatic rings. The summed E-state index contributed by atoms with van der Waals surface area (Å²) < 4.78 is 30.4. The number of hydrogen-bond donors (Lipinski definition) is 2. The average Bonchev–Trinajstić information content (AvgIpc) is 1.98. The van der Waals surface area contributed by atoms with E-state index in [2.05, 4.69) is 31.9 Å². The minimum atomic E-state index is -4.30. The Morgan fingerprint density at radius 2 is 1.77 bits per heavy atom. The normalized spacial score (nSPS) is 11.6. The maximum atomic E-state index is 10.7. The molecule has 7 heteroatoms. The van der Waals surface area contributed by atoms with Gasteiger partial charge in [-0.05, 0) is 44.0 Å². The van der Waals surface area contributed by atoms with Crippen LogP contribution in [0.2, 0.25) is 0 Å². The fourth-order valence-electron chi connectivity index (χ4n) is 0.722. The highest BCUT2D eigenvalue weighted by Crippen LogP contribution is 2.36. The van der Waals surface area contributed by atoms with Gasteiger partial charge in [0.25, 0.3) is 10.1 Å². The molecule has 0 heterocycles. The van der Waals surface area contributed by atoms with Crippen molar-refractivity contribution in [1.82, 2.24) is 0 Å². The van der Waals surface area contributed by atoms with Gasteiger partial charge in [0.2, 0.25) is 0 Å². The standard InChI is InChI=1S/C6H4Br2O4S/c7-3-1-2-4(13(10,11)12)5(8)6(3)9/h1-2,9H,(H,10,11,12). The second kappa shape index (κ2) is 3.56. The van der Waals surface area contributed by atoms with Crippen LogP contribution in [-0.2, 0) is 10.1 Å². The zero-order chi connectivity index (χ0) is 10.2. The molecule has 0 aromatic heterocycles. The SMILES string of the molecule is O=S(=O)(O)c1ccc(Br)c(O)c1Br. The summed E-state index contributed by atoms with van der Waals surface area (Å²) in [6.07, 6.45) is 0. The van der Waals surface area contributed by atoms with Crippen molar-refractivity contribution in [1.29, 1.82) is 0 Å². The minimum absolute atomic E-state index is 0.0654. The summed E-state index contributed by atoms with van der Waals surface area (Å²) >= 11 is 5.84. The van der Waals surface area contributed by atoms with Crippen molar-refractivity contribution >= 4 is 42.0 Å². The first-order chi connectivity index (χ1) is 5.84. The summed E-state index contributed by atoms with van der Waals surface area (Å²) in [4.78, 5) is -0.367. The highest BCUT2D eigenvalue weighted by Gasteiger charge is 2.18. The van der Waals surface area contributed by atoms with Gasteiger partial charge in [0.05, 0.1) is 8.95 Å². The Bertz CT molecular complexity index is 440. The highest BCUT2D eigenvalue weighted by molar-refractivity contribution is 9.11. The van der Waals surface area contributed by atoms with E-state index in [1.807, 2.05) is 0 Å². The van der Waals surface area contributed by atoms with E-state index < -0.39 is 10.1 Å². The third-order valence-corrected chi connectivity index (χ3v) is 3.91. The van der Waals surface area contributed by atoms with Crippen LogP contribution in [-0.4, -0.2) is 18.1 Å². The molecular weight excluding hydrogens is 328 g/mol. The quantitative estimate of drug-likeness (QED) is 0.773. The van der Waals surface area contributed by atoms with Crippen LogP contribution in [0.5, 0.6) is 5.75 Å². The van der Waals surface area contributed by atoms with E-state index in [9.17, 15) is 13.5 Å². The number of aromatic hydroxyl groups is 1. The second-order valence-corrected chi connectivity index (χ2v) is 5.22. The Balaban J connectivity index is 3.53. The monoisotopic (exact) mass is 330 g/mol. The van der Waals surface area contributed by atoms with Gasteiger partial charge in [-0.2, -0.15) is 8.42 Å². The second-order valence-electron chi connectivity index (χ2n) is 2.18. The number of phenolic OH excluding ortho intramolecular Hbond substituents is 1. The lowest BCUT2D eigenvalue weighted by atomic mass is 10.3. The molecule has 0 bridgehead atoms. The number of rotatable bonds is 1. The van der Waals surface area contributed by atoms with Crippen molar-refractivity contribution in [3.05, 3.63) is 21.1 Å². The maximum Gasteiger partial charge on any atom is 0.295 e. The lowest BCUT2D eigenvalue weighted by molar-refractivity contribution is 0.459. The molecule has 0 atom stereocenters. The minimum Gasteiger partial charge on any atom is -0.506 e. The third kappa shape index (κ3) is 2.22. The molecule has 0 spiro atoms. The first kappa shape index (κ1) is 11.0. The molecule has 1 rings (SSSR count). The van der Waals surface area contributed by atoms with Gasteiger partial charge in [0.1, 0.15) is 10.6 Å². The summed E-state index contributed by atoms with van der Waals surface area (Å²) in [5.74, 6) is -0.268. The average molecular weight is 332 g/mol. The fourth-order valence-corrected chi connectivity index (χ4v) is 2.84. The molecule has 0 aliphatic rings. The first-order valence-electron chi connectivity index (χ1n) is 2.98. The summed E-state index contributed by atoms with van der Waals surface area (Å²) in [6.45, 7) is 0. The molecule has 0 fully saturated rings. The van der Waals surface area contributed by atoms with E-state index in [1.54, 1.807) is 0 Å². The molecule has 2 N–H and O–H groups in total. The molecule has 0 aliphatic heterocycles. The lowest BCUT2D eigenvalue weighted by Crippen LogP contribution is -1.99. The van der Waals surface area contributed by atoms with Crippen LogP contribution >= 0.6 is 31.9 Å². The van der Waals surface area contributed by atoms with Crippen molar-refractivity contribution in [2.45, 2.75) is 4.90 Å². The lowest BCUT2D eigenvalue weighted by Gasteiger charge is -2.04. The highest BCUT2D eigenvalue weighted by atomic mass is 79.9. The zero-order valence-corrected chi connectivity index (χ0v) is 10.0. The van der Waals surface area contributed by atoms with Crippen molar-refractivity contribution in [2.24, 2.45) is 0 Å². The van der Waals surface area contributed by atoms with Gasteiger partial charge in [-0.3, -0.25) is 4.55 Å². The van der Waals surface area contributed by atoms with Crippen LogP contribution in [0.15, 0.2) is 26.0 Å². The van der Waals surface area contributed by atoms with Gasteiger partial charge < -0.3 is 5.11 Å². The summed E-state index contributed by atoms with van der Waals surface area (Å²) in [5.41, 5.74) is 0. The number of hydrogen-bond acceptors (Lipinski definition) is 3. The molecule has 0 unspecified atom stereocenters. The van der Waals surface area contributed by atoms with Crippen LogP contribution < -0.4 is 0 Å². The molecule has 72 valence electrons. The Labute approximate surface area is 91.6 Å². The van der Waals surface area contributed by atoms with Crippen molar-refractivity contribution in [3.8, 4) is 5.75 Å². The van der Waals surface area contributed by atoms with E-state index in [1.165, 1.54) is 12.1 Å². The van der Waals surface area contributed by atoms with Crippen LogP contribution in [0.4, 0.5) is 0 Å².